The quantitative estimate of drug-likeness (QED) is 0.930. The molecule has 24 heavy (non-hydrogen) atoms. The van der Waals surface area contributed by atoms with Crippen LogP contribution in [0.5, 0.6) is 11.5 Å². The van der Waals surface area contributed by atoms with Crippen molar-refractivity contribution < 1.29 is 23.5 Å². The number of benzene rings is 1. The van der Waals surface area contributed by atoms with Crippen LogP contribution in [0.4, 0.5) is 5.69 Å². The van der Waals surface area contributed by atoms with Crippen molar-refractivity contribution in [1.82, 2.24) is 0 Å². The molecule has 2 aromatic rings. The number of anilines is 1. The van der Waals surface area contributed by atoms with Gasteiger partial charge in [0.25, 0.3) is 5.91 Å². The third-order valence-electron chi connectivity index (χ3n) is 4.17. The van der Waals surface area contributed by atoms with E-state index in [2.05, 4.69) is 5.32 Å². The van der Waals surface area contributed by atoms with Crippen LogP contribution in [0.15, 0.2) is 22.6 Å². The van der Waals surface area contributed by atoms with Gasteiger partial charge in [0, 0.05) is 24.5 Å². The average molecular weight is 329 g/mol. The van der Waals surface area contributed by atoms with E-state index >= 15 is 0 Å². The van der Waals surface area contributed by atoms with Gasteiger partial charge in [0.15, 0.2) is 11.5 Å². The Kier molecular flexibility index (Phi) is 4.29. The van der Waals surface area contributed by atoms with E-state index in [1.807, 2.05) is 0 Å². The molecular formula is C18H19NO5. The van der Waals surface area contributed by atoms with Crippen molar-refractivity contribution in [3.05, 3.63) is 40.8 Å². The molecule has 1 aliphatic carbocycles. The minimum atomic E-state index is -0.404. The number of amides is 1. The number of rotatable bonds is 4. The number of methoxy groups -OCH3 is 2. The molecule has 3 rings (SSSR count). The predicted molar refractivity (Wildman–Crippen MR) is 88.2 cm³/mol. The molecule has 0 saturated heterocycles. The summed E-state index contributed by atoms with van der Waals surface area (Å²) in [6.07, 6.45) is 1.94. The van der Waals surface area contributed by atoms with Gasteiger partial charge in [-0.15, -0.1) is 0 Å². The van der Waals surface area contributed by atoms with Crippen LogP contribution in [-0.2, 0) is 6.42 Å². The Bertz CT molecular complexity index is 806. The SMILES string of the molecule is COc1ccc(NC(=O)c2oc3c(c2C)C(=O)CCC3)c(OC)c1. The second kappa shape index (κ2) is 6.39. The highest BCUT2D eigenvalue weighted by Crippen LogP contribution is 2.32. The van der Waals surface area contributed by atoms with Gasteiger partial charge in [-0.05, 0) is 25.5 Å². The molecule has 1 aromatic carbocycles. The fourth-order valence-electron chi connectivity index (χ4n) is 2.95. The van der Waals surface area contributed by atoms with Gasteiger partial charge in [-0.1, -0.05) is 0 Å². The fourth-order valence-corrected chi connectivity index (χ4v) is 2.95. The molecule has 0 fully saturated rings. The summed E-state index contributed by atoms with van der Waals surface area (Å²) in [5.74, 6) is 1.52. The predicted octanol–water partition coefficient (Wildman–Crippen LogP) is 3.38. The molecule has 1 aliphatic rings. The summed E-state index contributed by atoms with van der Waals surface area (Å²) in [5, 5.41) is 2.77. The number of ether oxygens (including phenoxy) is 2. The number of fused-ring (bicyclic) bond motifs is 1. The molecule has 0 spiro atoms. The summed E-state index contributed by atoms with van der Waals surface area (Å²) in [6.45, 7) is 1.74. The number of aryl methyl sites for hydroxylation is 1. The third kappa shape index (κ3) is 2.75. The Morgan fingerprint density at radius 2 is 2.00 bits per heavy atom. The van der Waals surface area contributed by atoms with Gasteiger partial charge in [-0.25, -0.2) is 0 Å². The van der Waals surface area contributed by atoms with Crippen LogP contribution in [-0.4, -0.2) is 25.9 Å². The zero-order valence-electron chi connectivity index (χ0n) is 13.9. The Labute approximate surface area is 139 Å². The Hall–Kier alpha value is -2.76. The molecular weight excluding hydrogens is 310 g/mol. The van der Waals surface area contributed by atoms with E-state index in [9.17, 15) is 9.59 Å². The zero-order chi connectivity index (χ0) is 17.3. The maximum Gasteiger partial charge on any atom is 0.291 e. The van der Waals surface area contributed by atoms with Crippen LogP contribution in [0.3, 0.4) is 0 Å². The average Bonchev–Trinajstić information content (AvgIpc) is 2.93. The van der Waals surface area contributed by atoms with E-state index in [1.165, 1.54) is 7.11 Å². The first kappa shape index (κ1) is 16.1. The van der Waals surface area contributed by atoms with E-state index in [-0.39, 0.29) is 11.5 Å². The highest BCUT2D eigenvalue weighted by molar-refractivity contribution is 6.08. The number of furan rings is 1. The number of carbonyl (C=O) groups is 2. The zero-order valence-corrected chi connectivity index (χ0v) is 13.9. The number of hydrogen-bond donors (Lipinski definition) is 1. The van der Waals surface area contributed by atoms with E-state index in [1.54, 1.807) is 32.2 Å². The fraction of sp³-hybridized carbons (Fsp3) is 0.333. The number of ketones is 1. The van der Waals surface area contributed by atoms with E-state index < -0.39 is 5.91 Å². The van der Waals surface area contributed by atoms with Crippen molar-refractivity contribution in [2.24, 2.45) is 0 Å². The molecule has 0 unspecified atom stereocenters. The van der Waals surface area contributed by atoms with Crippen LogP contribution >= 0.6 is 0 Å². The molecule has 6 heteroatoms. The summed E-state index contributed by atoms with van der Waals surface area (Å²) in [7, 11) is 3.07. The largest absolute Gasteiger partial charge is 0.497 e. The molecule has 0 aliphatic heterocycles. The lowest BCUT2D eigenvalue weighted by Crippen LogP contribution is -2.13. The minimum absolute atomic E-state index is 0.0404. The molecule has 0 bridgehead atoms. The molecule has 6 nitrogen and oxygen atoms in total. The smallest absolute Gasteiger partial charge is 0.291 e. The second-order valence-corrected chi connectivity index (χ2v) is 5.65. The van der Waals surface area contributed by atoms with Crippen LogP contribution in [0, 0.1) is 6.92 Å². The van der Waals surface area contributed by atoms with Crippen molar-refractivity contribution in [3.8, 4) is 11.5 Å². The molecule has 1 N–H and O–H groups in total. The van der Waals surface area contributed by atoms with Crippen molar-refractivity contribution >= 4 is 17.4 Å². The number of carbonyl (C=O) groups excluding carboxylic acids is 2. The standard InChI is InChI=1S/C18H19NO5/c1-10-16-13(20)5-4-6-14(16)24-17(10)18(21)19-12-8-7-11(22-2)9-15(12)23-3/h7-9H,4-6H2,1-3H3,(H,19,21). The first-order chi connectivity index (χ1) is 11.5. The van der Waals surface area contributed by atoms with E-state index in [4.69, 9.17) is 13.9 Å². The highest BCUT2D eigenvalue weighted by Gasteiger charge is 2.29. The van der Waals surface area contributed by atoms with E-state index in [0.717, 1.165) is 6.42 Å². The lowest BCUT2D eigenvalue weighted by atomic mass is 9.94. The van der Waals surface area contributed by atoms with Crippen molar-refractivity contribution in [1.29, 1.82) is 0 Å². The lowest BCUT2D eigenvalue weighted by Gasteiger charge is -2.11. The molecule has 0 atom stereocenters. The molecule has 126 valence electrons. The van der Waals surface area contributed by atoms with Crippen LogP contribution in [0.1, 0.15) is 45.1 Å². The van der Waals surface area contributed by atoms with Gasteiger partial charge in [-0.2, -0.15) is 0 Å². The van der Waals surface area contributed by atoms with Crippen molar-refractivity contribution in [2.45, 2.75) is 26.2 Å². The molecule has 1 heterocycles. The van der Waals surface area contributed by atoms with Crippen LogP contribution < -0.4 is 14.8 Å². The summed E-state index contributed by atoms with van der Waals surface area (Å²) in [5.41, 5.74) is 1.66. The Morgan fingerprint density at radius 3 is 2.67 bits per heavy atom. The first-order valence-corrected chi connectivity index (χ1v) is 7.74. The number of nitrogens with one attached hydrogen (secondary N) is 1. The number of Topliss-reactive ketones (excluding diaryl/α,β-unsaturated/α-hetero) is 1. The molecule has 0 radical (unpaired) electrons. The number of hydrogen-bond acceptors (Lipinski definition) is 5. The van der Waals surface area contributed by atoms with Gasteiger partial charge in [0.2, 0.25) is 0 Å². The monoisotopic (exact) mass is 329 g/mol. The highest BCUT2D eigenvalue weighted by atomic mass is 16.5. The molecule has 0 saturated carbocycles. The van der Waals surface area contributed by atoms with Crippen molar-refractivity contribution in [3.63, 3.8) is 0 Å². The normalized spacial score (nSPS) is 13.4. The maximum atomic E-state index is 12.6. The van der Waals surface area contributed by atoms with Crippen LogP contribution in [0.25, 0.3) is 0 Å². The maximum absolute atomic E-state index is 12.6. The minimum Gasteiger partial charge on any atom is -0.497 e. The summed E-state index contributed by atoms with van der Waals surface area (Å²) in [4.78, 5) is 24.6. The summed E-state index contributed by atoms with van der Waals surface area (Å²) in [6, 6.07) is 5.10. The van der Waals surface area contributed by atoms with Gasteiger partial charge >= 0.3 is 0 Å². The third-order valence-corrected chi connectivity index (χ3v) is 4.17. The lowest BCUT2D eigenvalue weighted by molar-refractivity contribution is 0.0963. The second-order valence-electron chi connectivity index (χ2n) is 5.65. The first-order valence-electron chi connectivity index (χ1n) is 7.74. The van der Waals surface area contributed by atoms with Gasteiger partial charge in [0.05, 0.1) is 25.5 Å². The topological polar surface area (TPSA) is 77.8 Å². The van der Waals surface area contributed by atoms with Gasteiger partial charge in [0.1, 0.15) is 17.3 Å². The summed E-state index contributed by atoms with van der Waals surface area (Å²) < 4.78 is 16.1. The molecule has 1 amide bonds. The van der Waals surface area contributed by atoms with Crippen molar-refractivity contribution in [2.75, 3.05) is 19.5 Å². The molecule has 1 aromatic heterocycles. The van der Waals surface area contributed by atoms with E-state index in [0.29, 0.717) is 46.9 Å². The van der Waals surface area contributed by atoms with Gasteiger partial charge < -0.3 is 19.2 Å². The summed E-state index contributed by atoms with van der Waals surface area (Å²) >= 11 is 0. The van der Waals surface area contributed by atoms with Crippen LogP contribution in [0.2, 0.25) is 0 Å². The Morgan fingerprint density at radius 1 is 1.21 bits per heavy atom. The van der Waals surface area contributed by atoms with Gasteiger partial charge in [-0.3, -0.25) is 9.59 Å². The Balaban J connectivity index is 1.90.